The predicted octanol–water partition coefficient (Wildman–Crippen LogP) is 3.76. The second-order valence-electron chi connectivity index (χ2n) is 6.66. The molecule has 7 heteroatoms. The van der Waals surface area contributed by atoms with Crippen LogP contribution in [0.25, 0.3) is 21.5 Å². The van der Waals surface area contributed by atoms with Crippen molar-refractivity contribution < 1.29 is 0 Å². The number of hydrogen-bond acceptors (Lipinski definition) is 6. The number of hydrogen-bond donors (Lipinski definition) is 3. The highest BCUT2D eigenvalue weighted by Crippen LogP contribution is 2.29. The number of H-pyrrole nitrogens is 1. The lowest BCUT2D eigenvalue weighted by Crippen LogP contribution is -2.25. The molecule has 138 valence electrons. The first-order chi connectivity index (χ1) is 13.2. The van der Waals surface area contributed by atoms with Crippen LogP contribution < -0.4 is 11.1 Å². The number of benzene rings is 2. The average molecular weight is 379 g/mol. The summed E-state index contributed by atoms with van der Waals surface area (Å²) in [5.41, 5.74) is 10.6. The maximum absolute atomic E-state index is 6.24. The van der Waals surface area contributed by atoms with Crippen molar-refractivity contribution in [2.24, 2.45) is 5.73 Å². The fourth-order valence-electron chi connectivity index (χ4n) is 3.07. The summed E-state index contributed by atoms with van der Waals surface area (Å²) in [5.74, 6) is 0. The first kappa shape index (κ1) is 17.6. The van der Waals surface area contributed by atoms with Gasteiger partial charge in [0.05, 0.1) is 5.52 Å². The van der Waals surface area contributed by atoms with Gasteiger partial charge in [-0.3, -0.25) is 5.10 Å². The molecule has 0 aliphatic rings. The molecule has 1 atom stereocenters. The molecule has 0 aliphatic heterocycles. The molecule has 0 spiro atoms. The lowest BCUT2D eigenvalue weighted by atomic mass is 10.0. The van der Waals surface area contributed by atoms with E-state index >= 15 is 0 Å². The number of nitrogens with one attached hydrogen (secondary N) is 2. The fraction of sp³-hybridized carbons (Fsp3) is 0.250. The Labute approximate surface area is 161 Å². The van der Waals surface area contributed by atoms with Gasteiger partial charge in [0.25, 0.3) is 0 Å². The van der Waals surface area contributed by atoms with Crippen LogP contribution in [0, 0.1) is 6.92 Å². The van der Waals surface area contributed by atoms with Crippen LogP contribution in [0.2, 0.25) is 0 Å². The van der Waals surface area contributed by atoms with Gasteiger partial charge in [-0.05, 0) is 43.5 Å². The molecule has 0 amide bonds. The van der Waals surface area contributed by atoms with E-state index in [9.17, 15) is 0 Å². The third-order valence-corrected chi connectivity index (χ3v) is 5.48. The lowest BCUT2D eigenvalue weighted by molar-refractivity contribution is 0.629. The Morgan fingerprint density at radius 3 is 2.85 bits per heavy atom. The molecule has 4 N–H and O–H groups in total. The molecule has 6 nitrogen and oxygen atoms in total. The summed E-state index contributed by atoms with van der Waals surface area (Å²) in [6.07, 6.45) is 1.76. The Morgan fingerprint density at radius 2 is 2.00 bits per heavy atom. The zero-order chi connectivity index (χ0) is 18.6. The number of aryl methyl sites for hydroxylation is 1. The minimum atomic E-state index is 0.124. The third kappa shape index (κ3) is 4.15. The molecular weight excluding hydrogens is 356 g/mol. The summed E-state index contributed by atoms with van der Waals surface area (Å²) < 4.78 is 0. The van der Waals surface area contributed by atoms with Gasteiger partial charge in [-0.15, -0.1) is 10.2 Å². The van der Waals surface area contributed by atoms with Gasteiger partial charge in [-0.25, -0.2) is 0 Å². The van der Waals surface area contributed by atoms with Crippen LogP contribution in [-0.2, 0) is 6.42 Å². The molecule has 0 saturated heterocycles. The van der Waals surface area contributed by atoms with E-state index in [1.54, 1.807) is 11.3 Å². The first-order valence-electron chi connectivity index (χ1n) is 9.01. The highest BCUT2D eigenvalue weighted by molar-refractivity contribution is 7.18. The largest absolute Gasteiger partial charge is 0.360 e. The Hall–Kier alpha value is -2.77. The van der Waals surface area contributed by atoms with Gasteiger partial charge < -0.3 is 11.1 Å². The molecule has 2 heterocycles. The van der Waals surface area contributed by atoms with Crippen LogP contribution in [0.1, 0.15) is 17.7 Å². The molecule has 2 aromatic heterocycles. The number of aromatic amines is 1. The summed E-state index contributed by atoms with van der Waals surface area (Å²) in [7, 11) is 0. The van der Waals surface area contributed by atoms with E-state index < -0.39 is 0 Å². The fourth-order valence-corrected chi connectivity index (χ4v) is 3.83. The topological polar surface area (TPSA) is 92.5 Å². The van der Waals surface area contributed by atoms with E-state index in [0.717, 1.165) is 51.7 Å². The van der Waals surface area contributed by atoms with Gasteiger partial charge in [-0.2, -0.15) is 5.10 Å². The van der Waals surface area contributed by atoms with Gasteiger partial charge in [0.15, 0.2) is 0 Å². The minimum absolute atomic E-state index is 0.124. The summed E-state index contributed by atoms with van der Waals surface area (Å²) >= 11 is 1.55. The molecule has 0 radical (unpaired) electrons. The first-order valence-corrected chi connectivity index (χ1v) is 9.82. The van der Waals surface area contributed by atoms with Crippen LogP contribution >= 0.6 is 11.3 Å². The van der Waals surface area contributed by atoms with Crippen molar-refractivity contribution in [3.63, 3.8) is 0 Å². The highest BCUT2D eigenvalue weighted by atomic mass is 32.1. The molecule has 0 aliphatic carbocycles. The second kappa shape index (κ2) is 7.85. The monoisotopic (exact) mass is 378 g/mol. The summed E-state index contributed by atoms with van der Waals surface area (Å²) in [4.78, 5) is 0. The van der Waals surface area contributed by atoms with Crippen molar-refractivity contribution in [2.45, 2.75) is 25.8 Å². The maximum atomic E-state index is 6.24. The maximum Gasteiger partial charge on any atom is 0.206 e. The lowest BCUT2D eigenvalue weighted by Gasteiger charge is -2.11. The SMILES string of the molecule is Cc1[nH]nc2ccc(-c3nnc(NCCC(N)Cc4ccccc4)s3)cc12. The molecule has 1 unspecified atom stereocenters. The number of anilines is 1. The molecule has 0 bridgehead atoms. The number of rotatable bonds is 7. The van der Waals surface area contributed by atoms with Gasteiger partial charge in [-0.1, -0.05) is 41.7 Å². The van der Waals surface area contributed by atoms with E-state index in [1.165, 1.54) is 5.56 Å². The van der Waals surface area contributed by atoms with E-state index in [0.29, 0.717) is 0 Å². The van der Waals surface area contributed by atoms with Gasteiger partial charge in [0.2, 0.25) is 5.13 Å². The smallest absolute Gasteiger partial charge is 0.206 e. The Morgan fingerprint density at radius 1 is 1.15 bits per heavy atom. The molecule has 27 heavy (non-hydrogen) atoms. The number of fused-ring (bicyclic) bond motifs is 1. The van der Waals surface area contributed by atoms with Crippen molar-refractivity contribution in [2.75, 3.05) is 11.9 Å². The molecule has 0 saturated carbocycles. The summed E-state index contributed by atoms with van der Waals surface area (Å²) in [5, 5.41) is 22.0. The quantitative estimate of drug-likeness (QED) is 0.455. The van der Waals surface area contributed by atoms with Crippen LogP contribution in [0.15, 0.2) is 48.5 Å². The molecular formula is C20H22N6S. The van der Waals surface area contributed by atoms with Crippen molar-refractivity contribution in [3.05, 3.63) is 59.8 Å². The standard InChI is InChI=1S/C20H22N6S/c1-13-17-12-15(7-8-18(17)24-23-13)19-25-26-20(27-19)22-10-9-16(21)11-14-5-3-2-4-6-14/h2-8,12,16H,9-11,21H2,1H3,(H,22,26)(H,23,24). The van der Waals surface area contributed by atoms with Gasteiger partial charge in [0, 0.05) is 29.2 Å². The average Bonchev–Trinajstić information content (AvgIpc) is 3.29. The van der Waals surface area contributed by atoms with Crippen LogP contribution in [0.5, 0.6) is 0 Å². The Kier molecular flexibility index (Phi) is 5.13. The zero-order valence-corrected chi connectivity index (χ0v) is 16.0. The van der Waals surface area contributed by atoms with Crippen LogP contribution in [0.3, 0.4) is 0 Å². The number of nitrogens with zero attached hydrogens (tertiary/aromatic N) is 3. The second-order valence-corrected chi connectivity index (χ2v) is 7.64. The van der Waals surface area contributed by atoms with E-state index in [1.807, 2.05) is 37.3 Å². The van der Waals surface area contributed by atoms with Crippen molar-refractivity contribution in [3.8, 4) is 10.6 Å². The zero-order valence-electron chi connectivity index (χ0n) is 15.1. The van der Waals surface area contributed by atoms with Crippen LogP contribution in [-0.4, -0.2) is 33.0 Å². The molecule has 4 rings (SSSR count). The number of nitrogens with two attached hydrogens (primary N) is 1. The number of aromatic nitrogens is 4. The molecule has 0 fully saturated rings. The van der Waals surface area contributed by atoms with Gasteiger partial charge >= 0.3 is 0 Å². The van der Waals surface area contributed by atoms with Crippen LogP contribution in [0.4, 0.5) is 5.13 Å². The highest BCUT2D eigenvalue weighted by Gasteiger charge is 2.10. The predicted molar refractivity (Wildman–Crippen MR) is 111 cm³/mol. The third-order valence-electron chi connectivity index (χ3n) is 4.55. The van der Waals surface area contributed by atoms with E-state index in [4.69, 9.17) is 5.73 Å². The van der Waals surface area contributed by atoms with Crippen molar-refractivity contribution >= 4 is 27.4 Å². The molecule has 2 aromatic carbocycles. The minimum Gasteiger partial charge on any atom is -0.360 e. The Bertz CT molecular complexity index is 1020. The summed E-state index contributed by atoms with van der Waals surface area (Å²) in [6, 6.07) is 16.6. The van der Waals surface area contributed by atoms with Crippen molar-refractivity contribution in [1.29, 1.82) is 0 Å². The van der Waals surface area contributed by atoms with Crippen molar-refractivity contribution in [1.82, 2.24) is 20.4 Å². The molecule has 4 aromatic rings. The van der Waals surface area contributed by atoms with Gasteiger partial charge in [0.1, 0.15) is 5.01 Å². The Balaban J connectivity index is 1.34. The van der Waals surface area contributed by atoms with E-state index in [-0.39, 0.29) is 6.04 Å². The van der Waals surface area contributed by atoms with E-state index in [2.05, 4.69) is 43.9 Å². The normalized spacial score (nSPS) is 12.4. The summed E-state index contributed by atoms with van der Waals surface area (Å²) in [6.45, 7) is 2.80.